The molecule has 144 valence electrons. The number of sulfonamides is 1. The van der Waals surface area contributed by atoms with Crippen LogP contribution in [0.1, 0.15) is 15.9 Å². The van der Waals surface area contributed by atoms with E-state index in [9.17, 15) is 13.2 Å². The summed E-state index contributed by atoms with van der Waals surface area (Å²) >= 11 is 6.17. The first-order valence-electron chi connectivity index (χ1n) is 8.37. The highest BCUT2D eigenvalue weighted by molar-refractivity contribution is 7.92. The van der Waals surface area contributed by atoms with Crippen LogP contribution in [0.4, 0.5) is 11.4 Å². The van der Waals surface area contributed by atoms with Crippen LogP contribution in [0.3, 0.4) is 0 Å². The molecular formula is C20H18ClN3O3S. The average Bonchev–Trinajstić information content (AvgIpc) is 2.67. The number of carbonyl (C=O) groups excluding carboxylic acids is 1. The van der Waals surface area contributed by atoms with Crippen molar-refractivity contribution in [2.24, 2.45) is 0 Å². The van der Waals surface area contributed by atoms with Crippen molar-refractivity contribution in [2.45, 2.75) is 6.54 Å². The van der Waals surface area contributed by atoms with Gasteiger partial charge in [-0.25, -0.2) is 8.42 Å². The van der Waals surface area contributed by atoms with Gasteiger partial charge in [0.2, 0.25) is 10.0 Å². The summed E-state index contributed by atoms with van der Waals surface area (Å²) in [7, 11) is -3.55. The van der Waals surface area contributed by atoms with Crippen LogP contribution < -0.4 is 9.62 Å². The minimum Gasteiger partial charge on any atom is -0.321 e. The van der Waals surface area contributed by atoms with Gasteiger partial charge >= 0.3 is 0 Å². The van der Waals surface area contributed by atoms with E-state index in [0.717, 1.165) is 6.26 Å². The Bertz CT molecular complexity index is 1070. The number of hydrogen-bond donors (Lipinski definition) is 1. The molecule has 1 N–H and O–H groups in total. The van der Waals surface area contributed by atoms with Gasteiger partial charge in [0, 0.05) is 16.8 Å². The van der Waals surface area contributed by atoms with Gasteiger partial charge in [0.1, 0.15) is 0 Å². The van der Waals surface area contributed by atoms with Gasteiger partial charge in [-0.2, -0.15) is 0 Å². The largest absolute Gasteiger partial charge is 0.321 e. The van der Waals surface area contributed by atoms with Crippen LogP contribution in [0.25, 0.3) is 0 Å². The molecule has 0 aliphatic carbocycles. The van der Waals surface area contributed by atoms with E-state index in [1.165, 1.54) is 4.31 Å². The lowest BCUT2D eigenvalue weighted by atomic mass is 10.1. The Hall–Kier alpha value is -2.90. The van der Waals surface area contributed by atoms with E-state index >= 15 is 0 Å². The van der Waals surface area contributed by atoms with E-state index < -0.39 is 10.0 Å². The molecule has 3 rings (SSSR count). The second-order valence-corrected chi connectivity index (χ2v) is 8.42. The number of rotatable bonds is 6. The lowest BCUT2D eigenvalue weighted by Crippen LogP contribution is -2.29. The fourth-order valence-electron chi connectivity index (χ4n) is 2.60. The van der Waals surface area contributed by atoms with Crippen molar-refractivity contribution >= 4 is 38.9 Å². The Balaban J connectivity index is 1.82. The zero-order valence-electron chi connectivity index (χ0n) is 15.0. The summed E-state index contributed by atoms with van der Waals surface area (Å²) in [4.78, 5) is 16.3. The molecule has 1 aromatic heterocycles. The molecular weight excluding hydrogens is 398 g/mol. The predicted molar refractivity (Wildman–Crippen MR) is 111 cm³/mol. The normalized spacial score (nSPS) is 11.1. The predicted octanol–water partition coefficient (Wildman–Crippen LogP) is 3.95. The van der Waals surface area contributed by atoms with E-state index in [1.807, 2.05) is 0 Å². The van der Waals surface area contributed by atoms with Crippen molar-refractivity contribution in [1.82, 2.24) is 4.98 Å². The second-order valence-electron chi connectivity index (χ2n) is 6.10. The third-order valence-corrected chi connectivity index (χ3v) is 5.52. The van der Waals surface area contributed by atoms with E-state index in [0.29, 0.717) is 27.5 Å². The molecule has 0 unspecified atom stereocenters. The number of aromatic nitrogens is 1. The first-order chi connectivity index (χ1) is 13.3. The molecule has 8 heteroatoms. The molecule has 28 heavy (non-hydrogen) atoms. The van der Waals surface area contributed by atoms with Crippen LogP contribution in [0.15, 0.2) is 73.1 Å². The summed E-state index contributed by atoms with van der Waals surface area (Å²) in [6.07, 6.45) is 4.29. The van der Waals surface area contributed by atoms with E-state index in [4.69, 9.17) is 11.6 Å². The molecule has 0 aliphatic heterocycles. The number of nitrogens with zero attached hydrogens (tertiary/aromatic N) is 2. The van der Waals surface area contributed by atoms with Crippen LogP contribution in [-0.4, -0.2) is 25.6 Å². The first kappa shape index (κ1) is 19.9. The lowest BCUT2D eigenvalue weighted by molar-refractivity contribution is 0.102. The number of anilines is 2. The minimum absolute atomic E-state index is 0.0970. The number of nitrogens with one attached hydrogen (secondary N) is 1. The second kappa shape index (κ2) is 8.41. The van der Waals surface area contributed by atoms with Crippen LogP contribution in [0.2, 0.25) is 5.02 Å². The minimum atomic E-state index is -3.55. The van der Waals surface area contributed by atoms with Crippen molar-refractivity contribution in [3.05, 3.63) is 89.2 Å². The molecule has 2 aromatic carbocycles. The Morgan fingerprint density at radius 2 is 1.79 bits per heavy atom. The third-order valence-electron chi connectivity index (χ3n) is 4.01. The molecule has 0 saturated carbocycles. The van der Waals surface area contributed by atoms with Crippen molar-refractivity contribution in [2.75, 3.05) is 15.9 Å². The average molecular weight is 416 g/mol. The summed E-state index contributed by atoms with van der Waals surface area (Å²) < 4.78 is 25.9. The lowest BCUT2D eigenvalue weighted by Gasteiger charge is -2.23. The van der Waals surface area contributed by atoms with E-state index in [1.54, 1.807) is 73.1 Å². The SMILES string of the molecule is CS(=O)(=O)N(Cc1ccccc1Cl)c1ccc(C(=O)Nc2cccnc2)cc1. The van der Waals surface area contributed by atoms with Crippen molar-refractivity contribution in [3.63, 3.8) is 0 Å². The van der Waals surface area contributed by atoms with Crippen LogP contribution in [0, 0.1) is 0 Å². The zero-order valence-corrected chi connectivity index (χ0v) is 16.6. The van der Waals surface area contributed by atoms with Gasteiger partial charge < -0.3 is 5.32 Å². The number of carbonyl (C=O) groups is 1. The molecule has 0 radical (unpaired) electrons. The van der Waals surface area contributed by atoms with Gasteiger partial charge in [-0.05, 0) is 48.0 Å². The number of pyridine rings is 1. The Labute approximate surface area is 168 Å². The highest BCUT2D eigenvalue weighted by Crippen LogP contribution is 2.24. The number of hydrogen-bond acceptors (Lipinski definition) is 4. The van der Waals surface area contributed by atoms with Gasteiger partial charge in [0.15, 0.2) is 0 Å². The van der Waals surface area contributed by atoms with Crippen molar-refractivity contribution in [3.8, 4) is 0 Å². The molecule has 3 aromatic rings. The fraction of sp³-hybridized carbons (Fsp3) is 0.100. The summed E-state index contributed by atoms with van der Waals surface area (Å²) in [5, 5.41) is 3.22. The zero-order chi connectivity index (χ0) is 20.1. The monoisotopic (exact) mass is 415 g/mol. The quantitative estimate of drug-likeness (QED) is 0.661. The maximum atomic E-state index is 12.3. The van der Waals surface area contributed by atoms with Crippen LogP contribution in [-0.2, 0) is 16.6 Å². The Kier molecular flexibility index (Phi) is 5.96. The molecule has 0 spiro atoms. The topological polar surface area (TPSA) is 79.4 Å². The van der Waals surface area contributed by atoms with Gasteiger partial charge in [0.05, 0.1) is 30.4 Å². The van der Waals surface area contributed by atoms with E-state index in [-0.39, 0.29) is 12.5 Å². The highest BCUT2D eigenvalue weighted by Gasteiger charge is 2.19. The summed E-state index contributed by atoms with van der Waals surface area (Å²) in [6, 6.07) is 16.9. The van der Waals surface area contributed by atoms with E-state index in [2.05, 4.69) is 10.3 Å². The van der Waals surface area contributed by atoms with Gasteiger partial charge in [-0.1, -0.05) is 29.8 Å². The Morgan fingerprint density at radius 1 is 1.07 bits per heavy atom. The summed E-state index contributed by atoms with van der Waals surface area (Å²) in [6.45, 7) is 0.0970. The number of amides is 1. The Morgan fingerprint density at radius 3 is 2.39 bits per heavy atom. The molecule has 1 heterocycles. The molecule has 0 aliphatic rings. The number of benzene rings is 2. The van der Waals surface area contributed by atoms with Crippen LogP contribution in [0.5, 0.6) is 0 Å². The maximum Gasteiger partial charge on any atom is 0.255 e. The van der Waals surface area contributed by atoms with Gasteiger partial charge in [0.25, 0.3) is 5.91 Å². The van der Waals surface area contributed by atoms with Gasteiger partial charge in [-0.3, -0.25) is 14.1 Å². The van der Waals surface area contributed by atoms with Crippen molar-refractivity contribution in [1.29, 1.82) is 0 Å². The fourth-order valence-corrected chi connectivity index (χ4v) is 3.67. The van der Waals surface area contributed by atoms with Gasteiger partial charge in [-0.15, -0.1) is 0 Å². The number of halogens is 1. The molecule has 0 atom stereocenters. The smallest absolute Gasteiger partial charge is 0.255 e. The van der Waals surface area contributed by atoms with Crippen molar-refractivity contribution < 1.29 is 13.2 Å². The molecule has 0 fully saturated rings. The molecule has 0 saturated heterocycles. The first-order valence-corrected chi connectivity index (χ1v) is 10.6. The highest BCUT2D eigenvalue weighted by atomic mass is 35.5. The van der Waals surface area contributed by atoms with Crippen LogP contribution >= 0.6 is 11.6 Å². The molecule has 0 bridgehead atoms. The maximum absolute atomic E-state index is 12.3. The summed E-state index contributed by atoms with van der Waals surface area (Å²) in [5.41, 5.74) is 2.11. The third kappa shape index (κ3) is 4.88. The molecule has 1 amide bonds. The molecule has 6 nitrogen and oxygen atoms in total. The summed E-state index contributed by atoms with van der Waals surface area (Å²) in [5.74, 6) is -0.309. The standard InChI is InChI=1S/C20H18ClN3O3S/c1-28(26,27)24(14-16-5-2-3-7-19(16)21)18-10-8-15(9-11-18)20(25)23-17-6-4-12-22-13-17/h2-13H,14H2,1H3,(H,23,25).